The van der Waals surface area contributed by atoms with E-state index in [-0.39, 0.29) is 11.7 Å². The summed E-state index contributed by atoms with van der Waals surface area (Å²) in [6.45, 7) is 2.98. The molecule has 2 atom stereocenters. The molecule has 2 bridgehead atoms. The first-order valence-electron chi connectivity index (χ1n) is 6.84. The van der Waals surface area contributed by atoms with Gasteiger partial charge >= 0.3 is 0 Å². The summed E-state index contributed by atoms with van der Waals surface area (Å²) in [5, 5.41) is 9.62. The third kappa shape index (κ3) is 1.69. The molecule has 3 nitrogen and oxygen atoms in total. The van der Waals surface area contributed by atoms with Gasteiger partial charge in [0.25, 0.3) is 5.91 Å². The second-order valence-corrected chi connectivity index (χ2v) is 5.42. The minimum atomic E-state index is 0.148. The minimum Gasteiger partial charge on any atom is -0.508 e. The predicted octanol–water partition coefficient (Wildman–Crippen LogP) is 2.89. The average molecular weight is 245 g/mol. The number of carbonyl (C=O) groups excluding carboxylic acids is 1. The van der Waals surface area contributed by atoms with Crippen molar-refractivity contribution < 1.29 is 9.90 Å². The van der Waals surface area contributed by atoms with Crippen molar-refractivity contribution in [3.8, 4) is 5.75 Å². The lowest BCUT2D eigenvalue weighted by atomic mass is 9.87. The van der Waals surface area contributed by atoms with Crippen molar-refractivity contribution in [2.45, 2.75) is 44.6 Å². The van der Waals surface area contributed by atoms with Gasteiger partial charge in [-0.3, -0.25) is 4.79 Å². The van der Waals surface area contributed by atoms with Gasteiger partial charge in [0, 0.05) is 24.1 Å². The van der Waals surface area contributed by atoms with Crippen molar-refractivity contribution in [1.82, 2.24) is 4.90 Å². The number of amides is 1. The molecule has 0 spiro atoms. The zero-order valence-corrected chi connectivity index (χ0v) is 10.7. The number of hydrogen-bond donors (Lipinski definition) is 1. The highest BCUT2D eigenvalue weighted by Crippen LogP contribution is 2.38. The molecule has 2 heterocycles. The van der Waals surface area contributed by atoms with Crippen molar-refractivity contribution in [2.24, 2.45) is 0 Å². The molecule has 1 aromatic rings. The highest BCUT2D eigenvalue weighted by molar-refractivity contribution is 5.97. The van der Waals surface area contributed by atoms with Crippen LogP contribution in [0.4, 0.5) is 0 Å². The lowest BCUT2D eigenvalue weighted by molar-refractivity contribution is 0.0645. The first-order chi connectivity index (χ1) is 8.70. The highest BCUT2D eigenvalue weighted by atomic mass is 16.3. The van der Waals surface area contributed by atoms with Gasteiger partial charge in [0.15, 0.2) is 0 Å². The van der Waals surface area contributed by atoms with Crippen LogP contribution in [0.5, 0.6) is 5.75 Å². The molecular formula is C15H19NO2. The van der Waals surface area contributed by atoms with E-state index in [9.17, 15) is 9.90 Å². The zero-order valence-electron chi connectivity index (χ0n) is 10.7. The fourth-order valence-electron chi connectivity index (χ4n) is 3.40. The molecule has 0 saturated carbocycles. The number of phenolic OH excluding ortho intramolecular Hbond substituents is 1. The van der Waals surface area contributed by atoms with Crippen LogP contribution in [0.3, 0.4) is 0 Å². The standard InChI is InChI=1S/C15H19NO2/c1-2-11-5-3-4-10-9-16(11)15(18)13-7-6-12(17)8-14(10)13/h6-8,10-11,17H,2-5,9H2,1H3/t10-,11?/m0/s1. The number of rotatable bonds is 1. The predicted molar refractivity (Wildman–Crippen MR) is 69.8 cm³/mol. The van der Waals surface area contributed by atoms with Crippen LogP contribution in [-0.4, -0.2) is 28.5 Å². The summed E-state index contributed by atoms with van der Waals surface area (Å²) >= 11 is 0. The molecule has 0 radical (unpaired) electrons. The van der Waals surface area contributed by atoms with Crippen molar-refractivity contribution in [3.63, 3.8) is 0 Å². The Bertz CT molecular complexity index is 483. The SMILES string of the molecule is CCC1CCC[C@H]2CN1C(=O)c1ccc(O)cc12. The Kier molecular flexibility index (Phi) is 2.77. The number of aromatic hydroxyl groups is 1. The second kappa shape index (κ2) is 4.30. The van der Waals surface area contributed by atoms with Gasteiger partial charge in [-0.1, -0.05) is 13.3 Å². The van der Waals surface area contributed by atoms with E-state index in [0.717, 1.165) is 36.9 Å². The molecule has 1 amide bonds. The highest BCUT2D eigenvalue weighted by Gasteiger charge is 2.36. The Balaban J connectivity index is 2.07. The number of carbonyl (C=O) groups is 1. The van der Waals surface area contributed by atoms with Gasteiger partial charge in [-0.25, -0.2) is 0 Å². The average Bonchev–Trinajstić information content (AvgIpc) is 2.56. The van der Waals surface area contributed by atoms with Gasteiger partial charge in [0.2, 0.25) is 0 Å². The topological polar surface area (TPSA) is 40.5 Å². The number of phenols is 1. The van der Waals surface area contributed by atoms with Crippen molar-refractivity contribution in [1.29, 1.82) is 0 Å². The summed E-state index contributed by atoms with van der Waals surface area (Å²) < 4.78 is 0. The molecule has 96 valence electrons. The summed E-state index contributed by atoms with van der Waals surface area (Å²) in [7, 11) is 0. The van der Waals surface area contributed by atoms with E-state index < -0.39 is 0 Å². The molecule has 3 heteroatoms. The lowest BCUT2D eigenvalue weighted by Gasteiger charge is -2.36. The van der Waals surface area contributed by atoms with E-state index >= 15 is 0 Å². The van der Waals surface area contributed by atoms with Gasteiger partial charge in [0.1, 0.15) is 5.75 Å². The summed E-state index contributed by atoms with van der Waals surface area (Å²) in [5.74, 6) is 0.822. The number of fused-ring (bicyclic) bond motifs is 4. The number of hydrogen-bond acceptors (Lipinski definition) is 2. The Hall–Kier alpha value is -1.51. The number of benzene rings is 1. The minimum absolute atomic E-state index is 0.148. The van der Waals surface area contributed by atoms with Crippen LogP contribution in [0.25, 0.3) is 0 Å². The smallest absolute Gasteiger partial charge is 0.254 e. The monoisotopic (exact) mass is 245 g/mol. The molecule has 1 aromatic carbocycles. The largest absolute Gasteiger partial charge is 0.508 e. The Morgan fingerprint density at radius 3 is 3.00 bits per heavy atom. The van der Waals surface area contributed by atoms with Crippen LogP contribution in [0.2, 0.25) is 0 Å². The summed E-state index contributed by atoms with van der Waals surface area (Å²) in [6, 6.07) is 5.58. The fourth-order valence-corrected chi connectivity index (χ4v) is 3.40. The van der Waals surface area contributed by atoms with Gasteiger partial charge in [-0.05, 0) is 43.0 Å². The molecule has 0 aromatic heterocycles. The lowest BCUT2D eigenvalue weighted by Crippen LogP contribution is -2.44. The molecule has 1 N–H and O–H groups in total. The second-order valence-electron chi connectivity index (χ2n) is 5.42. The molecule has 2 aliphatic heterocycles. The maximum Gasteiger partial charge on any atom is 0.254 e. The van der Waals surface area contributed by atoms with Crippen molar-refractivity contribution >= 4 is 5.91 Å². The molecule has 3 rings (SSSR count). The van der Waals surface area contributed by atoms with Crippen LogP contribution in [-0.2, 0) is 0 Å². The summed E-state index contributed by atoms with van der Waals surface area (Å²) in [6.07, 6.45) is 4.43. The molecule has 1 fully saturated rings. The maximum atomic E-state index is 12.5. The quantitative estimate of drug-likeness (QED) is 0.826. The van der Waals surface area contributed by atoms with Crippen LogP contribution in [0, 0.1) is 0 Å². The normalized spacial score (nSPS) is 26.7. The summed E-state index contributed by atoms with van der Waals surface area (Å²) in [4.78, 5) is 14.6. The Morgan fingerprint density at radius 2 is 2.22 bits per heavy atom. The van der Waals surface area contributed by atoms with E-state index in [2.05, 4.69) is 11.8 Å². The van der Waals surface area contributed by atoms with Gasteiger partial charge in [-0.2, -0.15) is 0 Å². The molecule has 1 unspecified atom stereocenters. The van der Waals surface area contributed by atoms with Crippen LogP contribution >= 0.6 is 0 Å². The molecule has 1 saturated heterocycles. The number of nitrogens with zero attached hydrogens (tertiary/aromatic N) is 1. The first-order valence-corrected chi connectivity index (χ1v) is 6.84. The van der Waals surface area contributed by atoms with Gasteiger partial charge in [-0.15, -0.1) is 0 Å². The van der Waals surface area contributed by atoms with Crippen LogP contribution in [0.15, 0.2) is 18.2 Å². The molecular weight excluding hydrogens is 226 g/mol. The van der Waals surface area contributed by atoms with E-state index in [0.29, 0.717) is 12.0 Å². The van der Waals surface area contributed by atoms with Crippen molar-refractivity contribution in [3.05, 3.63) is 29.3 Å². The van der Waals surface area contributed by atoms with E-state index in [1.165, 1.54) is 6.42 Å². The van der Waals surface area contributed by atoms with Crippen LogP contribution < -0.4 is 0 Å². The molecule has 2 aliphatic rings. The Morgan fingerprint density at radius 1 is 1.39 bits per heavy atom. The van der Waals surface area contributed by atoms with Crippen molar-refractivity contribution in [2.75, 3.05) is 6.54 Å². The Labute approximate surface area is 107 Å². The maximum absolute atomic E-state index is 12.5. The van der Waals surface area contributed by atoms with E-state index in [1.54, 1.807) is 18.2 Å². The first kappa shape index (κ1) is 11.6. The zero-order chi connectivity index (χ0) is 12.7. The summed E-state index contributed by atoms with van der Waals surface area (Å²) in [5.41, 5.74) is 1.84. The van der Waals surface area contributed by atoms with Crippen LogP contribution in [0.1, 0.15) is 54.4 Å². The van der Waals surface area contributed by atoms with Gasteiger partial charge < -0.3 is 10.0 Å². The molecule has 0 aliphatic carbocycles. The van der Waals surface area contributed by atoms with Gasteiger partial charge in [0.05, 0.1) is 0 Å². The molecule has 18 heavy (non-hydrogen) atoms. The third-order valence-electron chi connectivity index (χ3n) is 4.39. The van der Waals surface area contributed by atoms with E-state index in [4.69, 9.17) is 0 Å². The van der Waals surface area contributed by atoms with E-state index in [1.807, 2.05) is 0 Å². The fraction of sp³-hybridized carbons (Fsp3) is 0.533. The third-order valence-corrected chi connectivity index (χ3v) is 4.39.